The summed E-state index contributed by atoms with van der Waals surface area (Å²) in [6, 6.07) is 0. The molecule has 1 nitrogen and oxygen atoms in total. The van der Waals surface area contributed by atoms with Crippen LogP contribution in [-0.2, 0) is 4.74 Å². The van der Waals surface area contributed by atoms with E-state index in [9.17, 15) is 0 Å². The second kappa shape index (κ2) is 4.06. The molecule has 2 rings (SSSR count). The molecule has 0 N–H and O–H groups in total. The molecule has 0 spiro atoms. The minimum Gasteiger partial charge on any atom is -0.381 e. The van der Waals surface area contributed by atoms with E-state index < -0.39 is 0 Å². The largest absolute Gasteiger partial charge is 0.381 e. The molecule has 0 amide bonds. The molecule has 0 saturated heterocycles. The summed E-state index contributed by atoms with van der Waals surface area (Å²) in [5.74, 6) is 1.66. The topological polar surface area (TPSA) is 9.23 Å². The van der Waals surface area contributed by atoms with Crippen LogP contribution in [0.4, 0.5) is 0 Å². The lowest BCUT2D eigenvalue weighted by atomic mass is 9.78. The summed E-state index contributed by atoms with van der Waals surface area (Å²) in [6.07, 6.45) is 9.99. The smallest absolute Gasteiger partial charge is 0.0525 e. The van der Waals surface area contributed by atoms with Gasteiger partial charge in [-0.15, -0.1) is 0 Å². The number of allylic oxidation sites excluding steroid dienone is 2. The number of rotatable bonds is 5. The molecule has 1 heteroatoms. The van der Waals surface area contributed by atoms with Gasteiger partial charge < -0.3 is 4.74 Å². The fraction of sp³-hybridized carbons (Fsp3) is 0.846. The van der Waals surface area contributed by atoms with Gasteiger partial charge in [-0.3, -0.25) is 0 Å². The van der Waals surface area contributed by atoms with E-state index in [0.717, 1.165) is 25.0 Å². The van der Waals surface area contributed by atoms with E-state index in [1.807, 2.05) is 0 Å². The van der Waals surface area contributed by atoms with Crippen LogP contribution in [0.15, 0.2) is 12.2 Å². The monoisotopic (exact) mass is 194 g/mol. The van der Waals surface area contributed by atoms with Gasteiger partial charge in [0.15, 0.2) is 0 Å². The summed E-state index contributed by atoms with van der Waals surface area (Å²) < 4.78 is 5.78. The van der Waals surface area contributed by atoms with E-state index >= 15 is 0 Å². The first kappa shape index (κ1) is 10.2. The van der Waals surface area contributed by atoms with Gasteiger partial charge in [0.05, 0.1) is 6.61 Å². The standard InChI is InChI=1S/C13H22O/c1-3-4-7-14-10-13(2)9-11-5-6-12(13)8-11/h5-6,11-12H,3-4,7-10H2,1-2H3. The Labute approximate surface area is 87.5 Å². The van der Waals surface area contributed by atoms with Gasteiger partial charge in [-0.25, -0.2) is 0 Å². The Morgan fingerprint density at radius 2 is 2.29 bits per heavy atom. The van der Waals surface area contributed by atoms with Gasteiger partial charge in [-0.1, -0.05) is 32.4 Å². The van der Waals surface area contributed by atoms with Gasteiger partial charge in [0.2, 0.25) is 0 Å². The lowest BCUT2D eigenvalue weighted by Gasteiger charge is -2.31. The zero-order valence-corrected chi connectivity index (χ0v) is 9.46. The van der Waals surface area contributed by atoms with Crippen molar-refractivity contribution in [1.29, 1.82) is 0 Å². The van der Waals surface area contributed by atoms with Gasteiger partial charge in [0, 0.05) is 6.61 Å². The highest BCUT2D eigenvalue weighted by atomic mass is 16.5. The molecule has 0 radical (unpaired) electrons. The average Bonchev–Trinajstić information content (AvgIpc) is 2.72. The van der Waals surface area contributed by atoms with Crippen LogP contribution in [0.3, 0.4) is 0 Å². The van der Waals surface area contributed by atoms with E-state index in [4.69, 9.17) is 4.74 Å². The van der Waals surface area contributed by atoms with Gasteiger partial charge in [-0.05, 0) is 36.5 Å². The highest BCUT2D eigenvalue weighted by Crippen LogP contribution is 2.51. The Hall–Kier alpha value is -0.300. The van der Waals surface area contributed by atoms with Crippen molar-refractivity contribution < 1.29 is 4.74 Å². The number of hydrogen-bond donors (Lipinski definition) is 0. The van der Waals surface area contributed by atoms with Crippen molar-refractivity contribution in [3.05, 3.63) is 12.2 Å². The van der Waals surface area contributed by atoms with E-state index in [1.54, 1.807) is 0 Å². The summed E-state index contributed by atoms with van der Waals surface area (Å²) in [6.45, 7) is 6.53. The lowest BCUT2D eigenvalue weighted by molar-refractivity contribution is 0.0372. The summed E-state index contributed by atoms with van der Waals surface area (Å²) >= 11 is 0. The van der Waals surface area contributed by atoms with Crippen LogP contribution in [-0.4, -0.2) is 13.2 Å². The first-order valence-corrected chi connectivity index (χ1v) is 6.00. The predicted octanol–water partition coefficient (Wildman–Crippen LogP) is 3.41. The Morgan fingerprint density at radius 1 is 1.43 bits per heavy atom. The zero-order chi connectivity index (χ0) is 10.0. The minimum absolute atomic E-state index is 0.452. The summed E-state index contributed by atoms with van der Waals surface area (Å²) in [5, 5.41) is 0. The summed E-state index contributed by atoms with van der Waals surface area (Å²) in [7, 11) is 0. The van der Waals surface area contributed by atoms with Crippen LogP contribution in [0.25, 0.3) is 0 Å². The molecule has 3 unspecified atom stereocenters. The third-order valence-electron chi connectivity index (χ3n) is 3.87. The maximum absolute atomic E-state index is 5.78. The average molecular weight is 194 g/mol. The van der Waals surface area contributed by atoms with Crippen molar-refractivity contribution in [3.63, 3.8) is 0 Å². The number of fused-ring (bicyclic) bond motifs is 2. The predicted molar refractivity (Wildman–Crippen MR) is 59.2 cm³/mol. The molecule has 2 aliphatic carbocycles. The van der Waals surface area contributed by atoms with Crippen molar-refractivity contribution >= 4 is 0 Å². The van der Waals surface area contributed by atoms with Crippen molar-refractivity contribution in [1.82, 2.24) is 0 Å². The first-order chi connectivity index (χ1) is 6.74. The minimum atomic E-state index is 0.452. The van der Waals surface area contributed by atoms with Crippen LogP contribution in [0.1, 0.15) is 39.5 Å². The van der Waals surface area contributed by atoms with Gasteiger partial charge in [0.25, 0.3) is 0 Å². The molecule has 2 aliphatic rings. The molecule has 0 aromatic heterocycles. The van der Waals surface area contributed by atoms with Crippen LogP contribution in [0, 0.1) is 17.3 Å². The van der Waals surface area contributed by atoms with E-state index in [0.29, 0.717) is 5.41 Å². The van der Waals surface area contributed by atoms with Crippen molar-refractivity contribution in [2.75, 3.05) is 13.2 Å². The SMILES string of the molecule is CCCCOCC1(C)CC2C=CC1C2. The molecule has 0 heterocycles. The number of unbranched alkanes of at least 4 members (excludes halogenated alkanes) is 1. The Morgan fingerprint density at radius 3 is 2.86 bits per heavy atom. The molecule has 3 atom stereocenters. The molecule has 0 aromatic rings. The molecule has 14 heavy (non-hydrogen) atoms. The van der Waals surface area contributed by atoms with Gasteiger partial charge >= 0.3 is 0 Å². The number of ether oxygens (including phenoxy) is 1. The molecule has 1 saturated carbocycles. The van der Waals surface area contributed by atoms with E-state index in [-0.39, 0.29) is 0 Å². The molecular weight excluding hydrogens is 172 g/mol. The molecule has 2 bridgehead atoms. The zero-order valence-electron chi connectivity index (χ0n) is 9.46. The second-order valence-electron chi connectivity index (χ2n) is 5.25. The highest BCUT2D eigenvalue weighted by molar-refractivity contribution is 5.14. The Bertz CT molecular complexity index is 221. The van der Waals surface area contributed by atoms with Crippen molar-refractivity contribution in [2.45, 2.75) is 39.5 Å². The summed E-state index contributed by atoms with van der Waals surface area (Å²) in [5.41, 5.74) is 0.452. The second-order valence-corrected chi connectivity index (χ2v) is 5.25. The van der Waals surface area contributed by atoms with Gasteiger partial charge in [0.1, 0.15) is 0 Å². The van der Waals surface area contributed by atoms with Crippen LogP contribution < -0.4 is 0 Å². The third kappa shape index (κ3) is 1.88. The molecular formula is C13H22O. The van der Waals surface area contributed by atoms with Crippen LogP contribution in [0.2, 0.25) is 0 Å². The van der Waals surface area contributed by atoms with E-state index in [2.05, 4.69) is 26.0 Å². The number of hydrogen-bond acceptors (Lipinski definition) is 1. The maximum atomic E-state index is 5.78. The molecule has 0 aliphatic heterocycles. The molecule has 1 fully saturated rings. The quantitative estimate of drug-likeness (QED) is 0.481. The summed E-state index contributed by atoms with van der Waals surface area (Å²) in [4.78, 5) is 0. The lowest BCUT2D eigenvalue weighted by Crippen LogP contribution is -2.28. The van der Waals surface area contributed by atoms with Crippen LogP contribution >= 0.6 is 0 Å². The van der Waals surface area contributed by atoms with Gasteiger partial charge in [-0.2, -0.15) is 0 Å². The fourth-order valence-corrected chi connectivity index (χ4v) is 2.91. The third-order valence-corrected chi connectivity index (χ3v) is 3.87. The van der Waals surface area contributed by atoms with Crippen molar-refractivity contribution in [2.24, 2.45) is 17.3 Å². The highest BCUT2D eigenvalue weighted by Gasteiger charge is 2.44. The normalized spacial score (nSPS) is 39.6. The molecule has 0 aromatic carbocycles. The van der Waals surface area contributed by atoms with E-state index in [1.165, 1.54) is 25.7 Å². The fourth-order valence-electron chi connectivity index (χ4n) is 2.91. The Kier molecular flexibility index (Phi) is 2.96. The molecule has 80 valence electrons. The van der Waals surface area contributed by atoms with Crippen LogP contribution in [0.5, 0.6) is 0 Å². The maximum Gasteiger partial charge on any atom is 0.0525 e. The van der Waals surface area contributed by atoms with Crippen molar-refractivity contribution in [3.8, 4) is 0 Å². The Balaban J connectivity index is 1.77. The first-order valence-electron chi connectivity index (χ1n) is 6.00.